The average molecular weight is 341 g/mol. The molecule has 1 amide bonds. The number of hydrogen-bond acceptors (Lipinski definition) is 3. The summed E-state index contributed by atoms with van der Waals surface area (Å²) in [4.78, 5) is 13.8. The molecule has 0 bridgehead atoms. The Labute approximate surface area is 128 Å². The van der Waals surface area contributed by atoms with E-state index in [0.717, 1.165) is 16.5 Å². The maximum atomic E-state index is 12.1. The highest BCUT2D eigenvalue weighted by molar-refractivity contribution is 9.10. The largest absolute Gasteiger partial charge is 0.444 e. The molecule has 2 rings (SSSR count). The molecular weight excluding hydrogens is 320 g/mol. The van der Waals surface area contributed by atoms with Crippen LogP contribution in [0.15, 0.2) is 28.7 Å². The molecule has 20 heavy (non-hydrogen) atoms. The first-order chi connectivity index (χ1) is 9.20. The van der Waals surface area contributed by atoms with Crippen molar-refractivity contribution in [2.24, 2.45) is 5.73 Å². The zero-order valence-corrected chi connectivity index (χ0v) is 13.7. The van der Waals surface area contributed by atoms with Crippen LogP contribution in [0, 0.1) is 0 Å². The molecule has 0 radical (unpaired) electrons. The molecule has 0 aromatic heterocycles. The number of halogens is 1. The molecule has 1 aliphatic heterocycles. The van der Waals surface area contributed by atoms with E-state index in [1.807, 2.05) is 45.0 Å². The third kappa shape index (κ3) is 3.52. The van der Waals surface area contributed by atoms with Crippen LogP contribution in [0.1, 0.15) is 32.8 Å². The number of amides is 1. The van der Waals surface area contributed by atoms with E-state index in [9.17, 15) is 4.79 Å². The van der Waals surface area contributed by atoms with E-state index in [0.29, 0.717) is 13.1 Å². The van der Waals surface area contributed by atoms with Gasteiger partial charge in [-0.1, -0.05) is 28.1 Å². The Balaban J connectivity index is 2.07. The summed E-state index contributed by atoms with van der Waals surface area (Å²) in [6, 6.07) is 7.95. The molecule has 1 saturated heterocycles. The Hall–Kier alpha value is -1.07. The molecule has 0 saturated carbocycles. The molecule has 110 valence electrons. The highest BCUT2D eigenvalue weighted by atomic mass is 79.9. The summed E-state index contributed by atoms with van der Waals surface area (Å²) in [5, 5.41) is 0. The lowest BCUT2D eigenvalue weighted by atomic mass is 9.90. The van der Waals surface area contributed by atoms with E-state index in [2.05, 4.69) is 15.9 Å². The molecule has 5 heteroatoms. The zero-order chi connectivity index (χ0) is 15.0. The molecule has 1 aromatic carbocycles. The third-order valence-corrected chi connectivity index (χ3v) is 3.90. The molecule has 4 nitrogen and oxygen atoms in total. The smallest absolute Gasteiger partial charge is 0.410 e. The number of nitrogens with two attached hydrogens (primary N) is 1. The van der Waals surface area contributed by atoms with Gasteiger partial charge in [0, 0.05) is 17.6 Å². The first-order valence-corrected chi connectivity index (χ1v) is 7.52. The maximum Gasteiger partial charge on any atom is 0.410 e. The van der Waals surface area contributed by atoms with Crippen LogP contribution in [0.25, 0.3) is 0 Å². The topological polar surface area (TPSA) is 55.6 Å². The Kier molecular flexibility index (Phi) is 4.12. The van der Waals surface area contributed by atoms with Crippen LogP contribution < -0.4 is 5.73 Å². The summed E-state index contributed by atoms with van der Waals surface area (Å²) in [6.07, 6.45) is 0.454. The van der Waals surface area contributed by atoms with Gasteiger partial charge in [-0.2, -0.15) is 0 Å². The minimum atomic E-state index is -0.488. The third-order valence-electron chi connectivity index (χ3n) is 3.37. The van der Waals surface area contributed by atoms with Crippen LogP contribution in [0.3, 0.4) is 0 Å². The van der Waals surface area contributed by atoms with Crippen LogP contribution >= 0.6 is 15.9 Å². The first kappa shape index (κ1) is 15.3. The van der Waals surface area contributed by atoms with E-state index in [4.69, 9.17) is 10.5 Å². The minimum absolute atomic E-state index is 0.290. The summed E-state index contributed by atoms with van der Waals surface area (Å²) >= 11 is 3.41. The van der Waals surface area contributed by atoms with Crippen LogP contribution in [0.2, 0.25) is 0 Å². The Bertz CT molecular complexity index is 496. The Morgan fingerprint density at radius 3 is 2.50 bits per heavy atom. The number of hydrogen-bond donors (Lipinski definition) is 1. The molecule has 0 aliphatic carbocycles. The number of benzene rings is 1. The van der Waals surface area contributed by atoms with Crippen molar-refractivity contribution in [3.63, 3.8) is 0 Å². The minimum Gasteiger partial charge on any atom is -0.444 e. The quantitative estimate of drug-likeness (QED) is 0.853. The average Bonchev–Trinajstić information content (AvgIpc) is 2.72. The monoisotopic (exact) mass is 340 g/mol. The van der Waals surface area contributed by atoms with E-state index in [1.54, 1.807) is 4.90 Å². The molecule has 0 spiro atoms. The van der Waals surface area contributed by atoms with Gasteiger partial charge in [-0.25, -0.2) is 4.79 Å². The predicted octanol–water partition coefficient (Wildman–Crippen LogP) is 3.24. The van der Waals surface area contributed by atoms with Crippen molar-refractivity contribution >= 4 is 22.0 Å². The second-order valence-corrected chi connectivity index (χ2v) is 7.23. The number of carbonyl (C=O) groups excluding carboxylic acids is 1. The highest BCUT2D eigenvalue weighted by Crippen LogP contribution is 2.31. The normalized spacial score (nSPS) is 22.9. The van der Waals surface area contributed by atoms with Gasteiger partial charge in [-0.05, 0) is 44.9 Å². The molecule has 1 aromatic rings. The summed E-state index contributed by atoms with van der Waals surface area (Å²) in [7, 11) is 0. The van der Waals surface area contributed by atoms with Gasteiger partial charge < -0.3 is 15.4 Å². The van der Waals surface area contributed by atoms with Crippen LogP contribution in [0.4, 0.5) is 4.79 Å². The predicted molar refractivity (Wildman–Crippen MR) is 82.4 cm³/mol. The van der Waals surface area contributed by atoms with Crippen molar-refractivity contribution in [1.82, 2.24) is 4.90 Å². The lowest BCUT2D eigenvalue weighted by molar-refractivity contribution is 0.0284. The van der Waals surface area contributed by atoms with E-state index < -0.39 is 11.1 Å². The summed E-state index contributed by atoms with van der Waals surface area (Å²) < 4.78 is 6.41. The van der Waals surface area contributed by atoms with Crippen molar-refractivity contribution in [2.45, 2.75) is 38.3 Å². The SMILES string of the molecule is CC(C)(C)OC(=O)N1CC[C@](N)(c2ccc(Br)cc2)C1. The van der Waals surface area contributed by atoms with Gasteiger partial charge in [-0.15, -0.1) is 0 Å². The molecule has 1 fully saturated rings. The van der Waals surface area contributed by atoms with Gasteiger partial charge in [-0.3, -0.25) is 0 Å². The van der Waals surface area contributed by atoms with Crippen molar-refractivity contribution in [3.8, 4) is 0 Å². The van der Waals surface area contributed by atoms with Crippen molar-refractivity contribution in [2.75, 3.05) is 13.1 Å². The van der Waals surface area contributed by atoms with Crippen molar-refractivity contribution < 1.29 is 9.53 Å². The van der Waals surface area contributed by atoms with Gasteiger partial charge >= 0.3 is 6.09 Å². The molecule has 2 N–H and O–H groups in total. The highest BCUT2D eigenvalue weighted by Gasteiger charge is 2.39. The summed E-state index contributed by atoms with van der Waals surface area (Å²) in [6.45, 7) is 6.72. The standard InChI is InChI=1S/C15H21BrN2O2/c1-14(2,3)20-13(19)18-9-8-15(17,10-18)11-4-6-12(16)7-5-11/h4-7H,8-10,17H2,1-3H3/t15-/m1/s1. The number of nitrogens with zero attached hydrogens (tertiary/aromatic N) is 1. The molecular formula is C15H21BrN2O2. The molecule has 0 unspecified atom stereocenters. The van der Waals surface area contributed by atoms with Gasteiger partial charge in [0.2, 0.25) is 0 Å². The lowest BCUT2D eigenvalue weighted by Crippen LogP contribution is -2.42. The van der Waals surface area contributed by atoms with Crippen molar-refractivity contribution in [3.05, 3.63) is 34.3 Å². The fourth-order valence-corrected chi connectivity index (χ4v) is 2.60. The molecule has 1 atom stereocenters. The molecule has 1 heterocycles. The fourth-order valence-electron chi connectivity index (χ4n) is 2.33. The van der Waals surface area contributed by atoms with Gasteiger partial charge in [0.1, 0.15) is 5.60 Å². The number of rotatable bonds is 1. The number of carbonyl (C=O) groups is 1. The van der Waals surface area contributed by atoms with Crippen LogP contribution in [0.5, 0.6) is 0 Å². The van der Waals surface area contributed by atoms with Gasteiger partial charge in [0.25, 0.3) is 0 Å². The first-order valence-electron chi connectivity index (χ1n) is 6.72. The second kappa shape index (κ2) is 5.37. The van der Waals surface area contributed by atoms with E-state index in [-0.39, 0.29) is 6.09 Å². The Morgan fingerprint density at radius 1 is 1.35 bits per heavy atom. The second-order valence-electron chi connectivity index (χ2n) is 6.31. The van der Waals surface area contributed by atoms with Gasteiger partial charge in [0.05, 0.1) is 5.54 Å². The molecule has 1 aliphatic rings. The van der Waals surface area contributed by atoms with E-state index >= 15 is 0 Å². The maximum absolute atomic E-state index is 12.1. The number of likely N-dealkylation sites (tertiary alicyclic amines) is 1. The fraction of sp³-hybridized carbons (Fsp3) is 0.533. The van der Waals surface area contributed by atoms with Crippen LogP contribution in [-0.4, -0.2) is 29.7 Å². The van der Waals surface area contributed by atoms with Gasteiger partial charge in [0.15, 0.2) is 0 Å². The van der Waals surface area contributed by atoms with E-state index in [1.165, 1.54) is 0 Å². The lowest BCUT2D eigenvalue weighted by Gasteiger charge is -2.27. The Morgan fingerprint density at radius 2 is 1.95 bits per heavy atom. The number of ether oxygens (including phenoxy) is 1. The summed E-state index contributed by atoms with van der Waals surface area (Å²) in [5.74, 6) is 0. The van der Waals surface area contributed by atoms with Crippen molar-refractivity contribution in [1.29, 1.82) is 0 Å². The summed E-state index contributed by atoms with van der Waals surface area (Å²) in [5.41, 5.74) is 6.54. The zero-order valence-electron chi connectivity index (χ0n) is 12.1. The van der Waals surface area contributed by atoms with Crippen LogP contribution in [-0.2, 0) is 10.3 Å².